The van der Waals surface area contributed by atoms with E-state index < -0.39 is 22.5 Å². The topological polar surface area (TPSA) is 128 Å². The summed E-state index contributed by atoms with van der Waals surface area (Å²) in [6.45, 7) is 3.78. The molecular weight excluding hydrogens is 368 g/mol. The van der Waals surface area contributed by atoms with Gasteiger partial charge in [0.1, 0.15) is 0 Å². The molecule has 2 N–H and O–H groups in total. The summed E-state index contributed by atoms with van der Waals surface area (Å²) in [4.78, 5) is 33.8. The molecule has 9 heteroatoms. The first kappa shape index (κ1) is 21.0. The predicted octanol–water partition coefficient (Wildman–Crippen LogP) is 3.10. The molecule has 0 spiro atoms. The molecule has 0 atom stereocenters. The zero-order chi connectivity index (χ0) is 20.5. The van der Waals surface area contributed by atoms with Crippen LogP contribution in [0.4, 0.5) is 11.4 Å². The largest absolute Gasteiger partial charge is 0.478 e. The van der Waals surface area contributed by atoms with Gasteiger partial charge in [0.25, 0.3) is 11.6 Å². The van der Waals surface area contributed by atoms with Crippen LogP contribution in [0.25, 0.3) is 0 Å². The Morgan fingerprint density at radius 2 is 1.82 bits per heavy atom. The van der Waals surface area contributed by atoms with Gasteiger partial charge in [-0.2, -0.15) is 0 Å². The van der Waals surface area contributed by atoms with Gasteiger partial charge in [-0.25, -0.2) is 4.79 Å². The maximum absolute atomic E-state index is 12.4. The van der Waals surface area contributed by atoms with Gasteiger partial charge in [-0.15, -0.1) is 0 Å². The second-order valence-corrected chi connectivity index (χ2v) is 5.73. The predicted molar refractivity (Wildman–Crippen MR) is 101 cm³/mol. The number of nitro groups is 1. The van der Waals surface area contributed by atoms with Crippen molar-refractivity contribution in [3.05, 3.63) is 69.3 Å². The molecule has 0 saturated heterocycles. The van der Waals surface area contributed by atoms with Crippen LogP contribution in [0.15, 0.2) is 42.5 Å². The number of nitrogens with one attached hydrogen (secondary N) is 1. The maximum atomic E-state index is 12.4. The van der Waals surface area contributed by atoms with Gasteiger partial charge in [-0.1, -0.05) is 12.1 Å². The molecule has 0 bridgehead atoms. The number of carbonyl (C=O) groups excluding carboxylic acids is 1. The lowest BCUT2D eigenvalue weighted by molar-refractivity contribution is -0.384. The van der Waals surface area contributed by atoms with Crippen molar-refractivity contribution in [2.24, 2.45) is 0 Å². The maximum Gasteiger partial charge on any atom is 0.335 e. The van der Waals surface area contributed by atoms with Crippen LogP contribution in [0.3, 0.4) is 0 Å². The Labute approximate surface area is 161 Å². The summed E-state index contributed by atoms with van der Waals surface area (Å²) in [6.07, 6.45) is 0. The second-order valence-electron chi connectivity index (χ2n) is 5.73. The number of anilines is 1. The van der Waals surface area contributed by atoms with Crippen LogP contribution < -0.4 is 5.32 Å². The number of nitro benzene ring substituents is 1. The number of benzene rings is 2. The summed E-state index contributed by atoms with van der Waals surface area (Å²) in [5.41, 5.74) is 0.348. The summed E-state index contributed by atoms with van der Waals surface area (Å²) in [5, 5.41) is 22.7. The van der Waals surface area contributed by atoms with Gasteiger partial charge in [0, 0.05) is 30.0 Å². The van der Waals surface area contributed by atoms with Gasteiger partial charge < -0.3 is 19.9 Å². The number of hydrogen-bond donors (Lipinski definition) is 2. The van der Waals surface area contributed by atoms with Crippen molar-refractivity contribution in [3.8, 4) is 0 Å². The van der Waals surface area contributed by atoms with Gasteiger partial charge in [0.2, 0.25) is 0 Å². The normalized spacial score (nSPS) is 10.5. The van der Waals surface area contributed by atoms with Crippen molar-refractivity contribution >= 4 is 23.3 Å². The second kappa shape index (κ2) is 10.1. The SMILES string of the molecule is CCOCCOCc1cccc(NC(=O)c2cc(C(=O)O)cc([N+](=O)[O-])c2)c1. The summed E-state index contributed by atoms with van der Waals surface area (Å²) < 4.78 is 10.7. The summed E-state index contributed by atoms with van der Waals surface area (Å²) in [6, 6.07) is 9.93. The fourth-order valence-electron chi connectivity index (χ4n) is 2.37. The minimum Gasteiger partial charge on any atom is -0.478 e. The monoisotopic (exact) mass is 388 g/mol. The fourth-order valence-corrected chi connectivity index (χ4v) is 2.37. The minimum absolute atomic E-state index is 0.120. The highest BCUT2D eigenvalue weighted by Crippen LogP contribution is 2.19. The zero-order valence-electron chi connectivity index (χ0n) is 15.2. The number of nitrogens with zero attached hydrogens (tertiary/aromatic N) is 1. The quantitative estimate of drug-likeness (QED) is 0.363. The van der Waals surface area contributed by atoms with Gasteiger partial charge in [0.05, 0.1) is 30.3 Å². The molecule has 2 aromatic carbocycles. The van der Waals surface area contributed by atoms with Crippen LogP contribution >= 0.6 is 0 Å². The lowest BCUT2D eigenvalue weighted by Crippen LogP contribution is -2.14. The Kier molecular flexibility index (Phi) is 7.61. The number of rotatable bonds is 10. The van der Waals surface area contributed by atoms with Gasteiger partial charge >= 0.3 is 5.97 Å². The molecule has 0 heterocycles. The number of amides is 1. The van der Waals surface area contributed by atoms with Gasteiger partial charge in [0.15, 0.2) is 0 Å². The Morgan fingerprint density at radius 1 is 1.11 bits per heavy atom. The molecule has 2 aromatic rings. The number of hydrogen-bond acceptors (Lipinski definition) is 6. The van der Waals surface area contributed by atoms with Crippen LogP contribution in [0.1, 0.15) is 33.2 Å². The number of non-ortho nitro benzene ring substituents is 1. The van der Waals surface area contributed by atoms with E-state index in [2.05, 4.69) is 5.32 Å². The van der Waals surface area contributed by atoms with E-state index in [4.69, 9.17) is 14.6 Å². The molecule has 9 nitrogen and oxygen atoms in total. The van der Waals surface area contributed by atoms with Crippen molar-refractivity contribution in [2.75, 3.05) is 25.1 Å². The van der Waals surface area contributed by atoms with Crippen LogP contribution in [-0.2, 0) is 16.1 Å². The number of carboxylic acid groups (broad SMARTS) is 1. The molecule has 148 valence electrons. The molecule has 0 unspecified atom stereocenters. The molecule has 1 amide bonds. The van der Waals surface area contributed by atoms with Crippen molar-refractivity contribution in [3.63, 3.8) is 0 Å². The van der Waals surface area contributed by atoms with Crippen LogP contribution in [0, 0.1) is 10.1 Å². The van der Waals surface area contributed by atoms with Crippen molar-refractivity contribution < 1.29 is 29.1 Å². The first-order valence-electron chi connectivity index (χ1n) is 8.49. The first-order chi connectivity index (χ1) is 13.4. The molecule has 0 saturated carbocycles. The van der Waals surface area contributed by atoms with E-state index in [0.29, 0.717) is 32.1 Å². The molecule has 0 fully saturated rings. The molecule has 28 heavy (non-hydrogen) atoms. The van der Waals surface area contributed by atoms with Crippen molar-refractivity contribution in [2.45, 2.75) is 13.5 Å². The fraction of sp³-hybridized carbons (Fsp3) is 0.263. The lowest BCUT2D eigenvalue weighted by Gasteiger charge is -2.09. The molecular formula is C19H20N2O7. The Bertz CT molecular complexity index is 835. The summed E-state index contributed by atoms with van der Waals surface area (Å²) in [7, 11) is 0. The van der Waals surface area contributed by atoms with Crippen LogP contribution in [0.2, 0.25) is 0 Å². The van der Waals surface area contributed by atoms with E-state index in [1.165, 1.54) is 0 Å². The van der Waals surface area contributed by atoms with E-state index >= 15 is 0 Å². The molecule has 0 aliphatic carbocycles. The number of carboxylic acids is 1. The molecule has 0 aliphatic heterocycles. The molecule has 2 rings (SSSR count). The van der Waals surface area contributed by atoms with E-state index in [1.54, 1.807) is 18.2 Å². The van der Waals surface area contributed by atoms with E-state index in [9.17, 15) is 19.7 Å². The third-order valence-electron chi connectivity index (χ3n) is 3.67. The number of ether oxygens (including phenoxy) is 2. The standard InChI is InChI=1S/C19H20N2O7/c1-2-27-6-7-28-12-13-4-3-5-16(8-13)20-18(22)14-9-15(19(23)24)11-17(10-14)21(25)26/h3-5,8-11H,2,6-7,12H2,1H3,(H,20,22)(H,23,24). The third kappa shape index (κ3) is 6.15. The minimum atomic E-state index is -1.36. The van der Waals surface area contributed by atoms with E-state index in [1.807, 2.05) is 13.0 Å². The van der Waals surface area contributed by atoms with Gasteiger partial charge in [-0.05, 0) is 30.7 Å². The van der Waals surface area contributed by atoms with Crippen LogP contribution in [0.5, 0.6) is 0 Å². The molecule has 0 aliphatic rings. The summed E-state index contributed by atoms with van der Waals surface area (Å²) >= 11 is 0. The van der Waals surface area contributed by atoms with Crippen molar-refractivity contribution in [1.29, 1.82) is 0 Å². The average molecular weight is 388 g/mol. The first-order valence-corrected chi connectivity index (χ1v) is 8.49. The van der Waals surface area contributed by atoms with Gasteiger partial charge in [-0.3, -0.25) is 14.9 Å². The summed E-state index contributed by atoms with van der Waals surface area (Å²) in [5.74, 6) is -2.01. The molecule has 0 radical (unpaired) electrons. The third-order valence-corrected chi connectivity index (χ3v) is 3.67. The smallest absolute Gasteiger partial charge is 0.335 e. The number of carbonyl (C=O) groups is 2. The van der Waals surface area contributed by atoms with E-state index in [0.717, 1.165) is 23.8 Å². The van der Waals surface area contributed by atoms with Crippen LogP contribution in [-0.4, -0.2) is 41.7 Å². The highest BCUT2D eigenvalue weighted by molar-refractivity contribution is 6.06. The molecule has 0 aromatic heterocycles. The number of aromatic carboxylic acids is 1. The Morgan fingerprint density at radius 3 is 2.50 bits per heavy atom. The highest BCUT2D eigenvalue weighted by Gasteiger charge is 2.17. The average Bonchev–Trinajstić information content (AvgIpc) is 2.67. The lowest BCUT2D eigenvalue weighted by atomic mass is 10.1. The Hall–Kier alpha value is -3.30. The highest BCUT2D eigenvalue weighted by atomic mass is 16.6. The van der Waals surface area contributed by atoms with E-state index in [-0.39, 0.29) is 11.1 Å². The Balaban J connectivity index is 2.09. The zero-order valence-corrected chi connectivity index (χ0v) is 15.2. The van der Waals surface area contributed by atoms with Crippen molar-refractivity contribution in [1.82, 2.24) is 0 Å².